The highest BCUT2D eigenvalue weighted by Gasteiger charge is 2.23. The van der Waals surface area contributed by atoms with Crippen molar-refractivity contribution in [3.8, 4) is 5.75 Å². The quantitative estimate of drug-likeness (QED) is 0.783. The average Bonchev–Trinajstić information content (AvgIpc) is 2.40. The number of carbonyl (C=O) groups excluding carboxylic acids is 1. The van der Waals surface area contributed by atoms with Crippen LogP contribution in [0, 0.1) is 0 Å². The van der Waals surface area contributed by atoms with Crippen LogP contribution >= 0.6 is 0 Å². The Morgan fingerprint density at radius 1 is 1.18 bits per heavy atom. The minimum absolute atomic E-state index is 0.247. The fourth-order valence-corrected chi connectivity index (χ4v) is 2.28. The van der Waals surface area contributed by atoms with Gasteiger partial charge in [0.1, 0.15) is 5.75 Å². The van der Waals surface area contributed by atoms with Crippen LogP contribution in [-0.2, 0) is 0 Å². The normalized spacial score (nSPS) is 16.5. The van der Waals surface area contributed by atoms with Gasteiger partial charge in [-0.05, 0) is 25.0 Å². The van der Waals surface area contributed by atoms with Crippen molar-refractivity contribution in [3.05, 3.63) is 30.3 Å². The van der Waals surface area contributed by atoms with E-state index in [0.717, 1.165) is 12.8 Å². The van der Waals surface area contributed by atoms with Gasteiger partial charge in [-0.15, -0.1) is 0 Å². The van der Waals surface area contributed by atoms with Crippen LogP contribution in [0.1, 0.15) is 32.1 Å². The zero-order chi connectivity index (χ0) is 12.1. The molecule has 1 aromatic rings. The Morgan fingerprint density at radius 3 is 2.47 bits per heavy atom. The number of amides is 1. The Balaban J connectivity index is 1.90. The third-order valence-electron chi connectivity index (χ3n) is 3.36. The summed E-state index contributed by atoms with van der Waals surface area (Å²) in [5, 5.41) is 0. The molecule has 3 heteroatoms. The van der Waals surface area contributed by atoms with Gasteiger partial charge in [-0.3, -0.25) is 0 Å². The molecule has 2 rings (SSSR count). The monoisotopic (exact) mass is 233 g/mol. The molecule has 0 atom stereocenters. The van der Waals surface area contributed by atoms with Crippen molar-refractivity contribution < 1.29 is 9.53 Å². The predicted octanol–water partition coefficient (Wildman–Crippen LogP) is 3.45. The van der Waals surface area contributed by atoms with Gasteiger partial charge in [0, 0.05) is 13.1 Å². The van der Waals surface area contributed by atoms with E-state index in [0.29, 0.717) is 11.8 Å². The average molecular weight is 233 g/mol. The molecule has 0 saturated heterocycles. The Bertz CT molecular complexity index is 358. The topological polar surface area (TPSA) is 29.5 Å². The lowest BCUT2D eigenvalue weighted by atomic mass is 9.95. The SMILES string of the molecule is CN(C(=O)Oc1ccccc1)C1CCCCC1. The van der Waals surface area contributed by atoms with E-state index in [1.165, 1.54) is 19.3 Å². The van der Waals surface area contributed by atoms with Crippen LogP contribution in [0.15, 0.2) is 30.3 Å². The second-order valence-corrected chi connectivity index (χ2v) is 4.58. The van der Waals surface area contributed by atoms with Gasteiger partial charge in [-0.25, -0.2) is 4.79 Å². The fraction of sp³-hybridized carbons (Fsp3) is 0.500. The van der Waals surface area contributed by atoms with Gasteiger partial charge in [0.25, 0.3) is 0 Å². The molecule has 0 radical (unpaired) electrons. The third-order valence-corrected chi connectivity index (χ3v) is 3.36. The molecule has 0 unspecified atom stereocenters. The van der Waals surface area contributed by atoms with Crippen molar-refractivity contribution in [3.63, 3.8) is 0 Å². The third kappa shape index (κ3) is 3.22. The van der Waals surface area contributed by atoms with Crippen LogP contribution < -0.4 is 4.74 Å². The van der Waals surface area contributed by atoms with E-state index in [9.17, 15) is 4.79 Å². The number of hydrogen-bond donors (Lipinski definition) is 0. The van der Waals surface area contributed by atoms with Crippen LogP contribution in [0.3, 0.4) is 0 Å². The summed E-state index contributed by atoms with van der Waals surface area (Å²) in [7, 11) is 1.83. The van der Waals surface area contributed by atoms with Gasteiger partial charge in [0.2, 0.25) is 0 Å². The zero-order valence-corrected chi connectivity index (χ0v) is 10.3. The standard InChI is InChI=1S/C14H19NO2/c1-15(12-8-4-2-5-9-12)14(16)17-13-10-6-3-7-11-13/h3,6-7,10-12H,2,4-5,8-9H2,1H3. The summed E-state index contributed by atoms with van der Waals surface area (Å²) in [6.07, 6.45) is 5.67. The Morgan fingerprint density at radius 2 is 1.82 bits per heavy atom. The summed E-state index contributed by atoms with van der Waals surface area (Å²) in [5.41, 5.74) is 0. The fourth-order valence-electron chi connectivity index (χ4n) is 2.28. The van der Waals surface area contributed by atoms with Crippen LogP contribution in [0.4, 0.5) is 4.79 Å². The summed E-state index contributed by atoms with van der Waals surface area (Å²) < 4.78 is 5.32. The van der Waals surface area contributed by atoms with Gasteiger partial charge in [0.15, 0.2) is 0 Å². The number of rotatable bonds is 2. The van der Waals surface area contributed by atoms with Gasteiger partial charge in [-0.1, -0.05) is 37.5 Å². The molecule has 0 bridgehead atoms. The molecule has 17 heavy (non-hydrogen) atoms. The predicted molar refractivity (Wildman–Crippen MR) is 67.1 cm³/mol. The molecule has 0 aliphatic heterocycles. The van der Waals surface area contributed by atoms with Crippen molar-refractivity contribution in [2.75, 3.05) is 7.05 Å². The molecular weight excluding hydrogens is 214 g/mol. The first-order valence-electron chi connectivity index (χ1n) is 6.27. The van der Waals surface area contributed by atoms with E-state index in [-0.39, 0.29) is 6.09 Å². The van der Waals surface area contributed by atoms with E-state index < -0.39 is 0 Å². The number of nitrogens with zero attached hydrogens (tertiary/aromatic N) is 1. The molecule has 1 aromatic carbocycles. The maximum Gasteiger partial charge on any atom is 0.415 e. The molecule has 1 aliphatic carbocycles. The van der Waals surface area contributed by atoms with Crippen molar-refractivity contribution in [2.24, 2.45) is 0 Å². The highest BCUT2D eigenvalue weighted by molar-refractivity contribution is 5.70. The van der Waals surface area contributed by atoms with Gasteiger partial charge < -0.3 is 9.64 Å². The molecule has 1 fully saturated rings. The smallest absolute Gasteiger partial charge is 0.410 e. The highest BCUT2D eigenvalue weighted by atomic mass is 16.6. The zero-order valence-electron chi connectivity index (χ0n) is 10.3. The number of benzene rings is 1. The first-order chi connectivity index (χ1) is 8.27. The number of carbonyl (C=O) groups is 1. The van der Waals surface area contributed by atoms with E-state index >= 15 is 0 Å². The molecule has 1 amide bonds. The van der Waals surface area contributed by atoms with Crippen LogP contribution in [0.25, 0.3) is 0 Å². The summed E-state index contributed by atoms with van der Waals surface area (Å²) in [6, 6.07) is 9.58. The second-order valence-electron chi connectivity index (χ2n) is 4.58. The number of hydrogen-bond acceptors (Lipinski definition) is 2. The largest absolute Gasteiger partial charge is 0.415 e. The molecule has 92 valence electrons. The summed E-state index contributed by atoms with van der Waals surface area (Å²) in [6.45, 7) is 0. The van der Waals surface area contributed by atoms with E-state index in [4.69, 9.17) is 4.74 Å². The molecular formula is C14H19NO2. The summed E-state index contributed by atoms with van der Waals surface area (Å²) in [5.74, 6) is 0.611. The maximum atomic E-state index is 11.9. The van der Waals surface area contributed by atoms with E-state index in [1.807, 2.05) is 25.2 Å². The molecule has 0 spiro atoms. The van der Waals surface area contributed by atoms with Crippen LogP contribution in [-0.4, -0.2) is 24.1 Å². The van der Waals surface area contributed by atoms with Gasteiger partial charge in [0.05, 0.1) is 0 Å². The Kier molecular flexibility index (Phi) is 4.02. The van der Waals surface area contributed by atoms with E-state index in [2.05, 4.69) is 0 Å². The van der Waals surface area contributed by atoms with Crippen molar-refractivity contribution >= 4 is 6.09 Å². The van der Waals surface area contributed by atoms with Crippen molar-refractivity contribution in [2.45, 2.75) is 38.1 Å². The van der Waals surface area contributed by atoms with Gasteiger partial charge in [-0.2, -0.15) is 0 Å². The van der Waals surface area contributed by atoms with Crippen molar-refractivity contribution in [1.29, 1.82) is 0 Å². The number of ether oxygens (including phenoxy) is 1. The number of para-hydroxylation sites is 1. The lowest BCUT2D eigenvalue weighted by molar-refractivity contribution is 0.133. The Labute approximate surface area is 102 Å². The van der Waals surface area contributed by atoms with E-state index in [1.54, 1.807) is 17.0 Å². The molecule has 1 saturated carbocycles. The van der Waals surface area contributed by atoms with Crippen molar-refractivity contribution in [1.82, 2.24) is 4.90 Å². The minimum atomic E-state index is -0.247. The van der Waals surface area contributed by atoms with Crippen LogP contribution in [0.5, 0.6) is 5.75 Å². The molecule has 0 aromatic heterocycles. The molecule has 0 N–H and O–H groups in total. The second kappa shape index (κ2) is 5.71. The first-order valence-corrected chi connectivity index (χ1v) is 6.27. The van der Waals surface area contributed by atoms with Crippen LogP contribution in [0.2, 0.25) is 0 Å². The molecule has 3 nitrogen and oxygen atoms in total. The lowest BCUT2D eigenvalue weighted by Gasteiger charge is -2.30. The Hall–Kier alpha value is -1.51. The maximum absolute atomic E-state index is 11.9. The first kappa shape index (κ1) is 12.0. The van der Waals surface area contributed by atoms with Gasteiger partial charge >= 0.3 is 6.09 Å². The lowest BCUT2D eigenvalue weighted by Crippen LogP contribution is -2.39. The minimum Gasteiger partial charge on any atom is -0.410 e. The molecule has 0 heterocycles. The molecule has 1 aliphatic rings. The highest BCUT2D eigenvalue weighted by Crippen LogP contribution is 2.22. The summed E-state index contributed by atoms with van der Waals surface area (Å²) >= 11 is 0. The summed E-state index contributed by atoms with van der Waals surface area (Å²) in [4.78, 5) is 13.7.